The molecule has 0 unspecified atom stereocenters. The zero-order chi connectivity index (χ0) is 23.9. The van der Waals surface area contributed by atoms with Crippen LogP contribution in [0.2, 0.25) is 0 Å². The van der Waals surface area contributed by atoms with Gasteiger partial charge in [-0.05, 0) is 36.2 Å². The van der Waals surface area contributed by atoms with Crippen molar-refractivity contribution in [2.45, 2.75) is 13.3 Å². The van der Waals surface area contributed by atoms with Gasteiger partial charge in [0.25, 0.3) is 0 Å². The van der Waals surface area contributed by atoms with E-state index in [4.69, 9.17) is 4.98 Å². The van der Waals surface area contributed by atoms with E-state index >= 15 is 0 Å². The Bertz CT molecular complexity index is 1660. The highest BCUT2D eigenvalue weighted by atomic mass is 15.1. The number of H-pyrrole nitrogens is 2. The number of aryl methyl sites for hydroxylation is 1. The molecule has 0 bridgehead atoms. The highest BCUT2D eigenvalue weighted by molar-refractivity contribution is 6.01. The summed E-state index contributed by atoms with van der Waals surface area (Å²) in [5.41, 5.74) is 10.3. The number of anilines is 1. The lowest BCUT2D eigenvalue weighted by molar-refractivity contribution is 1.07. The van der Waals surface area contributed by atoms with E-state index in [0.717, 1.165) is 73.4 Å². The summed E-state index contributed by atoms with van der Waals surface area (Å²) in [5.74, 6) is 0.832. The summed E-state index contributed by atoms with van der Waals surface area (Å²) >= 11 is 0. The molecule has 0 amide bonds. The number of rotatable bonds is 5. The molecule has 1 aromatic carbocycles. The number of aromatic amines is 2. The first-order valence-corrected chi connectivity index (χ1v) is 11.6. The number of hydrogen-bond donors (Lipinski definition) is 2. The van der Waals surface area contributed by atoms with Crippen molar-refractivity contribution in [3.8, 4) is 33.6 Å². The van der Waals surface area contributed by atoms with E-state index in [1.807, 2.05) is 57.2 Å². The Balaban J connectivity index is 1.54. The quantitative estimate of drug-likeness (QED) is 0.337. The van der Waals surface area contributed by atoms with Crippen LogP contribution in [0.3, 0.4) is 0 Å². The molecule has 0 saturated heterocycles. The van der Waals surface area contributed by atoms with Gasteiger partial charge in [-0.25, -0.2) is 4.98 Å². The fourth-order valence-corrected chi connectivity index (χ4v) is 4.58. The van der Waals surface area contributed by atoms with Crippen LogP contribution in [0.15, 0.2) is 73.6 Å². The predicted molar refractivity (Wildman–Crippen MR) is 141 cm³/mol. The molecule has 5 heterocycles. The molecule has 0 aliphatic heterocycles. The van der Waals surface area contributed by atoms with Crippen molar-refractivity contribution in [3.63, 3.8) is 0 Å². The first-order valence-electron chi connectivity index (χ1n) is 11.6. The van der Waals surface area contributed by atoms with Crippen molar-refractivity contribution < 1.29 is 0 Å². The van der Waals surface area contributed by atoms with E-state index in [0.29, 0.717) is 0 Å². The maximum atomic E-state index is 5.07. The third kappa shape index (κ3) is 3.61. The van der Waals surface area contributed by atoms with E-state index in [1.54, 1.807) is 6.20 Å². The highest BCUT2D eigenvalue weighted by Gasteiger charge is 2.18. The molecule has 0 atom stereocenters. The standard InChI is InChI=1S/C28H25N7/c1-4-23-26(28-33-25-16-31-15-22(27(25)34-28)18-6-5-9-29-12-18)21-11-17(7-8-24(21)32-23)19-10-20(35(2)3)14-30-13-19/h5-16,32H,4H2,1-3H3,(H,33,34). The number of aromatic nitrogens is 6. The number of nitrogens with zero attached hydrogens (tertiary/aromatic N) is 5. The smallest absolute Gasteiger partial charge is 0.141 e. The summed E-state index contributed by atoms with van der Waals surface area (Å²) in [5, 5.41) is 1.13. The molecule has 7 nitrogen and oxygen atoms in total. The normalized spacial score (nSPS) is 11.4. The number of imidazole rings is 1. The molecule has 0 radical (unpaired) electrons. The van der Waals surface area contributed by atoms with E-state index < -0.39 is 0 Å². The Labute approximate surface area is 202 Å². The monoisotopic (exact) mass is 459 g/mol. The average Bonchev–Trinajstić information content (AvgIpc) is 3.49. The topological polar surface area (TPSA) is 86.4 Å². The Morgan fingerprint density at radius 3 is 2.46 bits per heavy atom. The molecular formula is C28H25N7. The molecule has 0 fully saturated rings. The summed E-state index contributed by atoms with van der Waals surface area (Å²) in [6.07, 6.45) is 11.9. The molecule has 172 valence electrons. The van der Waals surface area contributed by atoms with Gasteiger partial charge in [0.2, 0.25) is 0 Å². The molecule has 0 aliphatic rings. The second-order valence-corrected chi connectivity index (χ2v) is 8.83. The van der Waals surface area contributed by atoms with Crippen LogP contribution in [0, 0.1) is 0 Å². The van der Waals surface area contributed by atoms with Crippen LogP contribution in [0.1, 0.15) is 12.6 Å². The summed E-state index contributed by atoms with van der Waals surface area (Å²) in [7, 11) is 4.05. The van der Waals surface area contributed by atoms with Gasteiger partial charge in [0.1, 0.15) is 5.82 Å². The molecule has 0 aliphatic carbocycles. The fraction of sp³-hybridized carbons (Fsp3) is 0.143. The molecule has 6 aromatic rings. The first kappa shape index (κ1) is 21.0. The molecule has 0 spiro atoms. The third-order valence-corrected chi connectivity index (χ3v) is 6.41. The van der Waals surface area contributed by atoms with Crippen LogP contribution in [0.25, 0.3) is 55.6 Å². The van der Waals surface area contributed by atoms with Gasteiger partial charge < -0.3 is 14.9 Å². The second kappa shape index (κ2) is 8.36. The first-order chi connectivity index (χ1) is 17.1. The maximum absolute atomic E-state index is 5.07. The lowest BCUT2D eigenvalue weighted by atomic mass is 10.0. The van der Waals surface area contributed by atoms with Crippen molar-refractivity contribution in [1.29, 1.82) is 0 Å². The van der Waals surface area contributed by atoms with E-state index in [-0.39, 0.29) is 0 Å². The number of hydrogen-bond acceptors (Lipinski definition) is 5. The number of pyridine rings is 3. The Kier molecular flexibility index (Phi) is 5.03. The largest absolute Gasteiger partial charge is 0.376 e. The third-order valence-electron chi connectivity index (χ3n) is 6.41. The summed E-state index contributed by atoms with van der Waals surface area (Å²) in [6, 6.07) is 12.6. The SMILES string of the molecule is CCc1[nH]c2ccc(-c3cncc(N(C)C)c3)cc2c1-c1nc2c(-c3cccnc3)cncc2[nH]1. The molecule has 5 aromatic heterocycles. The minimum atomic E-state index is 0.832. The Morgan fingerprint density at radius 1 is 0.800 bits per heavy atom. The molecular weight excluding hydrogens is 434 g/mol. The molecule has 35 heavy (non-hydrogen) atoms. The Hall–Kier alpha value is -4.52. The van der Waals surface area contributed by atoms with Crippen LogP contribution in [-0.2, 0) is 6.42 Å². The maximum Gasteiger partial charge on any atom is 0.141 e. The zero-order valence-corrected chi connectivity index (χ0v) is 19.9. The molecule has 0 saturated carbocycles. The fourth-order valence-electron chi connectivity index (χ4n) is 4.58. The van der Waals surface area contributed by atoms with Crippen molar-refractivity contribution in [2.24, 2.45) is 0 Å². The van der Waals surface area contributed by atoms with E-state index in [2.05, 4.69) is 61.0 Å². The summed E-state index contributed by atoms with van der Waals surface area (Å²) in [4.78, 5) is 27.4. The van der Waals surface area contributed by atoms with Crippen molar-refractivity contribution >= 4 is 27.6 Å². The van der Waals surface area contributed by atoms with E-state index in [9.17, 15) is 0 Å². The average molecular weight is 460 g/mol. The number of fused-ring (bicyclic) bond motifs is 2. The van der Waals surface area contributed by atoms with Gasteiger partial charge in [-0.2, -0.15) is 0 Å². The van der Waals surface area contributed by atoms with Crippen LogP contribution in [0.4, 0.5) is 5.69 Å². The van der Waals surface area contributed by atoms with Gasteiger partial charge in [-0.1, -0.05) is 19.1 Å². The van der Waals surface area contributed by atoms with Gasteiger partial charge in [-0.15, -0.1) is 0 Å². The van der Waals surface area contributed by atoms with Crippen molar-refractivity contribution in [1.82, 2.24) is 29.9 Å². The van der Waals surface area contributed by atoms with Crippen LogP contribution in [-0.4, -0.2) is 44.0 Å². The molecule has 2 N–H and O–H groups in total. The number of benzene rings is 1. The highest BCUT2D eigenvalue weighted by Crippen LogP contribution is 2.36. The summed E-state index contributed by atoms with van der Waals surface area (Å²) in [6.45, 7) is 2.16. The summed E-state index contributed by atoms with van der Waals surface area (Å²) < 4.78 is 0. The van der Waals surface area contributed by atoms with Gasteiger partial charge in [0.15, 0.2) is 0 Å². The zero-order valence-electron chi connectivity index (χ0n) is 19.9. The second-order valence-electron chi connectivity index (χ2n) is 8.83. The molecule has 7 heteroatoms. The van der Waals surface area contributed by atoms with Crippen molar-refractivity contribution in [3.05, 3.63) is 79.3 Å². The minimum absolute atomic E-state index is 0.832. The van der Waals surface area contributed by atoms with Gasteiger partial charge in [-0.3, -0.25) is 15.0 Å². The van der Waals surface area contributed by atoms with E-state index in [1.165, 1.54) is 0 Å². The Morgan fingerprint density at radius 2 is 1.66 bits per heavy atom. The predicted octanol–water partition coefficient (Wildman–Crippen LogP) is 5.86. The van der Waals surface area contributed by atoms with Crippen molar-refractivity contribution in [2.75, 3.05) is 19.0 Å². The molecule has 6 rings (SSSR count). The lowest BCUT2D eigenvalue weighted by Crippen LogP contribution is -2.08. The van der Waals surface area contributed by atoms with Gasteiger partial charge in [0.05, 0.1) is 29.1 Å². The van der Waals surface area contributed by atoms with Crippen LogP contribution < -0.4 is 4.90 Å². The van der Waals surface area contributed by atoms with Gasteiger partial charge >= 0.3 is 0 Å². The lowest BCUT2D eigenvalue weighted by Gasteiger charge is -2.13. The minimum Gasteiger partial charge on any atom is -0.376 e. The van der Waals surface area contributed by atoms with Gasteiger partial charge in [0, 0.05) is 77.7 Å². The van der Waals surface area contributed by atoms with Crippen LogP contribution >= 0.6 is 0 Å². The number of nitrogens with one attached hydrogen (secondary N) is 2. The van der Waals surface area contributed by atoms with Crippen LogP contribution in [0.5, 0.6) is 0 Å².